The van der Waals surface area contributed by atoms with Crippen LogP contribution in [0.25, 0.3) is 11.3 Å². The molecule has 114 valence electrons. The summed E-state index contributed by atoms with van der Waals surface area (Å²) in [6, 6.07) is 12.1. The second kappa shape index (κ2) is 6.23. The van der Waals surface area contributed by atoms with Gasteiger partial charge < -0.3 is 10.4 Å². The highest BCUT2D eigenvalue weighted by atomic mass is 16.4. The summed E-state index contributed by atoms with van der Waals surface area (Å²) in [6.07, 6.45) is 3.41. The number of pyridine rings is 1. The molecule has 1 aromatic carbocycles. The summed E-state index contributed by atoms with van der Waals surface area (Å²) in [5, 5.41) is 12.2. The van der Waals surface area contributed by atoms with Crippen LogP contribution in [0.1, 0.15) is 16.2 Å². The first-order valence-electron chi connectivity index (χ1n) is 6.98. The van der Waals surface area contributed by atoms with E-state index in [1.165, 1.54) is 0 Å². The second-order valence-corrected chi connectivity index (χ2v) is 4.93. The first-order valence-corrected chi connectivity index (χ1v) is 6.98. The van der Waals surface area contributed by atoms with Gasteiger partial charge in [0, 0.05) is 29.7 Å². The van der Waals surface area contributed by atoms with Crippen LogP contribution in [0.15, 0.2) is 54.9 Å². The molecule has 0 saturated carbocycles. The van der Waals surface area contributed by atoms with Gasteiger partial charge in [-0.25, -0.2) is 14.8 Å². The highest BCUT2D eigenvalue weighted by Crippen LogP contribution is 2.22. The molecule has 0 saturated heterocycles. The van der Waals surface area contributed by atoms with Gasteiger partial charge in [-0.15, -0.1) is 0 Å². The van der Waals surface area contributed by atoms with Crippen LogP contribution in [0.4, 0.5) is 11.5 Å². The van der Waals surface area contributed by atoms with Crippen LogP contribution in [-0.2, 0) is 0 Å². The fraction of sp³-hybridized carbons (Fsp3) is 0.0588. The third kappa shape index (κ3) is 3.49. The van der Waals surface area contributed by atoms with Gasteiger partial charge in [-0.1, -0.05) is 6.07 Å². The molecular weight excluding hydrogens is 292 g/mol. The maximum Gasteiger partial charge on any atom is 0.335 e. The topological polar surface area (TPSA) is 88.0 Å². The van der Waals surface area contributed by atoms with E-state index >= 15 is 0 Å². The van der Waals surface area contributed by atoms with Gasteiger partial charge in [-0.05, 0) is 37.3 Å². The fourth-order valence-electron chi connectivity index (χ4n) is 2.18. The monoisotopic (exact) mass is 306 g/mol. The lowest BCUT2D eigenvalue weighted by Gasteiger charge is -2.09. The van der Waals surface area contributed by atoms with Crippen molar-refractivity contribution < 1.29 is 9.90 Å². The van der Waals surface area contributed by atoms with Crippen molar-refractivity contribution in [1.82, 2.24) is 15.0 Å². The number of anilines is 2. The number of benzene rings is 1. The summed E-state index contributed by atoms with van der Waals surface area (Å²) in [5.74, 6) is 0.257. The number of nitrogens with one attached hydrogen (secondary N) is 1. The van der Waals surface area contributed by atoms with Crippen LogP contribution in [0, 0.1) is 6.92 Å². The van der Waals surface area contributed by atoms with Gasteiger partial charge in [0.2, 0.25) is 0 Å². The molecule has 0 fully saturated rings. The third-order valence-corrected chi connectivity index (χ3v) is 3.20. The van der Waals surface area contributed by atoms with Crippen molar-refractivity contribution in [3.8, 4) is 11.3 Å². The van der Waals surface area contributed by atoms with E-state index in [-0.39, 0.29) is 5.56 Å². The van der Waals surface area contributed by atoms with Crippen LogP contribution in [0.5, 0.6) is 0 Å². The number of hydrogen-bond acceptors (Lipinski definition) is 5. The van der Waals surface area contributed by atoms with Crippen LogP contribution < -0.4 is 5.32 Å². The Hall–Kier alpha value is -3.28. The maximum absolute atomic E-state index is 11.0. The van der Waals surface area contributed by atoms with E-state index in [0.29, 0.717) is 17.3 Å². The molecular formula is C17H14N4O2. The summed E-state index contributed by atoms with van der Waals surface area (Å²) in [4.78, 5) is 23.8. The lowest BCUT2D eigenvalue weighted by Crippen LogP contribution is -2.01. The summed E-state index contributed by atoms with van der Waals surface area (Å²) in [7, 11) is 0. The van der Waals surface area contributed by atoms with Gasteiger partial charge in [0.05, 0.1) is 11.3 Å². The van der Waals surface area contributed by atoms with Gasteiger partial charge in [-0.2, -0.15) is 0 Å². The smallest absolute Gasteiger partial charge is 0.335 e. The highest BCUT2D eigenvalue weighted by molar-refractivity contribution is 5.89. The SMILES string of the molecule is Cc1nc(Nc2cccc(C(=O)O)c2)cc(-c2ccncc2)n1. The molecule has 3 aromatic rings. The first kappa shape index (κ1) is 14.6. The van der Waals surface area contributed by atoms with Crippen LogP contribution in [-0.4, -0.2) is 26.0 Å². The first-order chi connectivity index (χ1) is 11.1. The average Bonchev–Trinajstić information content (AvgIpc) is 2.55. The Morgan fingerprint density at radius 2 is 1.87 bits per heavy atom. The zero-order valence-electron chi connectivity index (χ0n) is 12.4. The predicted octanol–water partition coefficient (Wildman–Crippen LogP) is 3.29. The van der Waals surface area contributed by atoms with Crippen molar-refractivity contribution in [3.63, 3.8) is 0 Å². The van der Waals surface area contributed by atoms with Crippen LogP contribution in [0.2, 0.25) is 0 Å². The van der Waals surface area contributed by atoms with Crippen molar-refractivity contribution in [3.05, 3.63) is 66.2 Å². The van der Waals surface area contributed by atoms with Gasteiger partial charge >= 0.3 is 5.97 Å². The zero-order chi connectivity index (χ0) is 16.2. The van der Waals surface area contributed by atoms with E-state index in [4.69, 9.17) is 5.11 Å². The molecule has 0 bridgehead atoms. The molecule has 0 amide bonds. The number of aromatic nitrogens is 3. The predicted molar refractivity (Wildman–Crippen MR) is 86.7 cm³/mol. The molecule has 3 rings (SSSR count). The highest BCUT2D eigenvalue weighted by Gasteiger charge is 2.07. The Labute approximate surface area is 132 Å². The standard InChI is InChI=1S/C17H14N4O2/c1-11-19-15(12-5-7-18-8-6-12)10-16(20-11)21-14-4-2-3-13(9-14)17(22)23/h2-10H,1H3,(H,22,23)(H,19,20,21). The number of hydrogen-bond donors (Lipinski definition) is 2. The lowest BCUT2D eigenvalue weighted by atomic mass is 10.2. The molecule has 2 N–H and O–H groups in total. The molecule has 0 unspecified atom stereocenters. The number of aryl methyl sites for hydroxylation is 1. The zero-order valence-corrected chi connectivity index (χ0v) is 12.4. The fourth-order valence-corrected chi connectivity index (χ4v) is 2.18. The molecule has 0 spiro atoms. The van der Waals surface area contributed by atoms with E-state index in [2.05, 4.69) is 20.3 Å². The average molecular weight is 306 g/mol. The molecule has 0 atom stereocenters. The summed E-state index contributed by atoms with van der Waals surface area (Å²) in [6.45, 7) is 1.81. The maximum atomic E-state index is 11.0. The number of carboxylic acid groups (broad SMARTS) is 1. The largest absolute Gasteiger partial charge is 0.478 e. The molecule has 0 aliphatic rings. The Kier molecular flexibility index (Phi) is 3.97. The minimum absolute atomic E-state index is 0.218. The summed E-state index contributed by atoms with van der Waals surface area (Å²) >= 11 is 0. The van der Waals surface area contributed by atoms with Crippen LogP contribution >= 0.6 is 0 Å². The number of carbonyl (C=O) groups is 1. The van der Waals surface area contributed by atoms with Crippen molar-refractivity contribution >= 4 is 17.5 Å². The van der Waals surface area contributed by atoms with E-state index in [0.717, 1.165) is 11.3 Å². The van der Waals surface area contributed by atoms with E-state index in [9.17, 15) is 4.79 Å². The lowest BCUT2D eigenvalue weighted by molar-refractivity contribution is 0.0697. The normalized spacial score (nSPS) is 10.3. The van der Waals surface area contributed by atoms with Gasteiger partial charge in [-0.3, -0.25) is 4.98 Å². The minimum atomic E-state index is -0.968. The number of rotatable bonds is 4. The molecule has 23 heavy (non-hydrogen) atoms. The van der Waals surface area contributed by atoms with Crippen molar-refractivity contribution in [2.45, 2.75) is 6.92 Å². The Bertz CT molecular complexity index is 850. The van der Waals surface area contributed by atoms with Gasteiger partial charge in [0.1, 0.15) is 11.6 Å². The Balaban J connectivity index is 1.93. The van der Waals surface area contributed by atoms with Crippen molar-refractivity contribution in [1.29, 1.82) is 0 Å². The second-order valence-electron chi connectivity index (χ2n) is 4.93. The summed E-state index contributed by atoms with van der Waals surface area (Å²) < 4.78 is 0. The minimum Gasteiger partial charge on any atom is -0.478 e. The molecule has 2 heterocycles. The van der Waals surface area contributed by atoms with Gasteiger partial charge in [0.25, 0.3) is 0 Å². The van der Waals surface area contributed by atoms with Crippen molar-refractivity contribution in [2.24, 2.45) is 0 Å². The summed E-state index contributed by atoms with van der Waals surface area (Å²) in [5.41, 5.74) is 2.59. The number of carboxylic acids is 1. The van der Waals surface area contributed by atoms with E-state index < -0.39 is 5.97 Å². The molecule has 6 nitrogen and oxygen atoms in total. The number of nitrogens with zero attached hydrogens (tertiary/aromatic N) is 3. The molecule has 0 aliphatic heterocycles. The molecule has 0 radical (unpaired) electrons. The molecule has 0 aliphatic carbocycles. The van der Waals surface area contributed by atoms with Gasteiger partial charge in [0.15, 0.2) is 0 Å². The third-order valence-electron chi connectivity index (χ3n) is 3.20. The van der Waals surface area contributed by atoms with Crippen LogP contribution in [0.3, 0.4) is 0 Å². The molecule has 2 aromatic heterocycles. The van der Waals surface area contributed by atoms with E-state index in [1.807, 2.05) is 25.1 Å². The molecule has 6 heteroatoms. The van der Waals surface area contributed by atoms with E-state index in [1.54, 1.807) is 36.7 Å². The quantitative estimate of drug-likeness (QED) is 0.769. The van der Waals surface area contributed by atoms with Crippen molar-refractivity contribution in [2.75, 3.05) is 5.32 Å². The Morgan fingerprint density at radius 1 is 1.09 bits per heavy atom. The Morgan fingerprint density at radius 3 is 2.61 bits per heavy atom. The number of aromatic carboxylic acids is 1.